The molecule has 0 aromatic carbocycles. The van der Waals surface area contributed by atoms with Gasteiger partial charge in [0, 0.05) is 44.3 Å². The molecule has 3 rings (SSSR count). The summed E-state index contributed by atoms with van der Waals surface area (Å²) in [5, 5.41) is 13.7. The van der Waals surface area contributed by atoms with Crippen LogP contribution in [0.3, 0.4) is 0 Å². The number of hydrogen-bond donors (Lipinski definition) is 2. The molecular weight excluding hydrogens is 256 g/mol. The zero-order valence-corrected chi connectivity index (χ0v) is 11.4. The fourth-order valence-electron chi connectivity index (χ4n) is 2.90. The molecule has 6 nitrogen and oxygen atoms in total. The standard InChI is InChI=1S/C14H18N4O2/c1-15-11-5-17-10(3-14(11)20-2)13(19)8-18-6-9-4-16-12(9)7-18/h3,5,9,12-13,16,19H,4,6-8H2,2H3/t9?,12?,13-/m0/s1. The maximum atomic E-state index is 10.3. The molecule has 0 amide bonds. The number of β-amino-alcohol motifs (C(OH)–C–C–N with tert-alkyl or cyclic N) is 1. The molecule has 0 aliphatic carbocycles. The summed E-state index contributed by atoms with van der Waals surface area (Å²) in [4.78, 5) is 9.76. The molecule has 2 aliphatic rings. The van der Waals surface area contributed by atoms with E-state index in [0.717, 1.165) is 25.6 Å². The normalized spacial score (nSPS) is 26.4. The van der Waals surface area contributed by atoms with Crippen molar-refractivity contribution in [2.45, 2.75) is 12.1 Å². The molecule has 2 saturated heterocycles. The van der Waals surface area contributed by atoms with Gasteiger partial charge in [-0.1, -0.05) is 0 Å². The number of nitrogens with zero attached hydrogens (tertiary/aromatic N) is 3. The lowest BCUT2D eigenvalue weighted by Crippen LogP contribution is -2.51. The van der Waals surface area contributed by atoms with Gasteiger partial charge in [0.2, 0.25) is 5.69 Å². The summed E-state index contributed by atoms with van der Waals surface area (Å²) < 4.78 is 5.15. The minimum atomic E-state index is -0.652. The first-order chi connectivity index (χ1) is 9.71. The van der Waals surface area contributed by atoms with Gasteiger partial charge in [0.15, 0.2) is 0 Å². The van der Waals surface area contributed by atoms with Crippen molar-refractivity contribution < 1.29 is 9.84 Å². The maximum Gasteiger partial charge on any atom is 0.245 e. The summed E-state index contributed by atoms with van der Waals surface area (Å²) in [5.74, 6) is 1.20. The summed E-state index contributed by atoms with van der Waals surface area (Å²) in [7, 11) is 1.52. The van der Waals surface area contributed by atoms with Crippen molar-refractivity contribution in [2.24, 2.45) is 5.92 Å². The SMILES string of the molecule is [C-]#[N+]c1cnc([C@@H](O)CN2CC3CNC3C2)cc1OC. The van der Waals surface area contributed by atoms with Crippen LogP contribution in [0.4, 0.5) is 5.69 Å². The molecule has 0 radical (unpaired) electrons. The Balaban J connectivity index is 1.67. The van der Waals surface area contributed by atoms with Crippen LogP contribution in [0.5, 0.6) is 5.75 Å². The molecule has 2 fully saturated rings. The predicted molar refractivity (Wildman–Crippen MR) is 73.7 cm³/mol. The number of likely N-dealkylation sites (tertiary alicyclic amines) is 1. The Hall–Kier alpha value is -1.68. The zero-order valence-electron chi connectivity index (χ0n) is 11.4. The molecule has 0 saturated carbocycles. The van der Waals surface area contributed by atoms with Gasteiger partial charge in [0.05, 0.1) is 19.4 Å². The summed E-state index contributed by atoms with van der Waals surface area (Å²) in [6, 6.07) is 2.25. The van der Waals surface area contributed by atoms with Crippen LogP contribution >= 0.6 is 0 Å². The molecule has 3 heterocycles. The van der Waals surface area contributed by atoms with Crippen molar-refractivity contribution in [3.63, 3.8) is 0 Å². The third-order valence-electron chi connectivity index (χ3n) is 4.14. The third kappa shape index (κ3) is 2.36. The molecule has 106 valence electrons. The van der Waals surface area contributed by atoms with Crippen LogP contribution in [0, 0.1) is 12.5 Å². The van der Waals surface area contributed by atoms with Crippen molar-refractivity contribution in [3.05, 3.63) is 29.4 Å². The highest BCUT2D eigenvalue weighted by molar-refractivity contribution is 5.56. The summed E-state index contributed by atoms with van der Waals surface area (Å²) in [5.41, 5.74) is 0.924. The molecule has 0 bridgehead atoms. The monoisotopic (exact) mass is 274 g/mol. The summed E-state index contributed by atoms with van der Waals surface area (Å²) in [6.07, 6.45) is 0.806. The smallest absolute Gasteiger partial charge is 0.245 e. The lowest BCUT2D eigenvalue weighted by molar-refractivity contribution is 0.121. The second-order valence-corrected chi connectivity index (χ2v) is 5.40. The van der Waals surface area contributed by atoms with Gasteiger partial charge in [-0.25, -0.2) is 4.85 Å². The molecule has 2 unspecified atom stereocenters. The van der Waals surface area contributed by atoms with Gasteiger partial charge >= 0.3 is 0 Å². The van der Waals surface area contributed by atoms with E-state index in [1.165, 1.54) is 13.3 Å². The largest absolute Gasteiger partial charge is 0.508 e. The van der Waals surface area contributed by atoms with Gasteiger partial charge in [-0.3, -0.25) is 9.88 Å². The van der Waals surface area contributed by atoms with E-state index in [9.17, 15) is 5.11 Å². The molecule has 3 atom stereocenters. The highest BCUT2D eigenvalue weighted by Gasteiger charge is 2.39. The van der Waals surface area contributed by atoms with Crippen LogP contribution in [-0.2, 0) is 0 Å². The van der Waals surface area contributed by atoms with Crippen molar-refractivity contribution in [3.8, 4) is 5.75 Å². The minimum absolute atomic E-state index is 0.367. The Morgan fingerprint density at radius 3 is 3.05 bits per heavy atom. The van der Waals surface area contributed by atoms with Gasteiger partial charge in [0.1, 0.15) is 11.9 Å². The molecule has 0 spiro atoms. The van der Waals surface area contributed by atoms with E-state index in [1.807, 2.05) is 0 Å². The van der Waals surface area contributed by atoms with E-state index in [0.29, 0.717) is 29.7 Å². The first-order valence-electron chi connectivity index (χ1n) is 6.76. The number of fused-ring (bicyclic) bond motifs is 1. The number of aliphatic hydroxyl groups excluding tert-OH is 1. The van der Waals surface area contributed by atoms with Gasteiger partial charge in [-0.05, 0) is 6.07 Å². The fraction of sp³-hybridized carbons (Fsp3) is 0.571. The Bertz CT molecular complexity index is 530. The third-order valence-corrected chi connectivity index (χ3v) is 4.14. The van der Waals surface area contributed by atoms with Crippen LogP contribution in [-0.4, -0.2) is 54.3 Å². The van der Waals surface area contributed by atoms with E-state index in [1.54, 1.807) is 6.07 Å². The van der Waals surface area contributed by atoms with Crippen molar-refractivity contribution in [2.75, 3.05) is 33.3 Å². The molecule has 2 aliphatic heterocycles. The zero-order chi connectivity index (χ0) is 14.1. The van der Waals surface area contributed by atoms with Crippen molar-refractivity contribution in [1.82, 2.24) is 15.2 Å². The van der Waals surface area contributed by atoms with Gasteiger partial charge in [-0.15, -0.1) is 0 Å². The van der Waals surface area contributed by atoms with Gasteiger partial charge < -0.3 is 15.2 Å². The van der Waals surface area contributed by atoms with Crippen molar-refractivity contribution >= 4 is 5.69 Å². The Labute approximate surface area is 118 Å². The lowest BCUT2D eigenvalue weighted by atomic mass is 9.96. The second-order valence-electron chi connectivity index (χ2n) is 5.40. The molecule has 1 aromatic rings. The first kappa shape index (κ1) is 13.3. The number of hydrogen-bond acceptors (Lipinski definition) is 5. The lowest BCUT2D eigenvalue weighted by Gasteiger charge is -2.30. The second kappa shape index (κ2) is 5.37. The predicted octanol–water partition coefficient (Wildman–Crippen LogP) is 0.578. The van der Waals surface area contributed by atoms with E-state index < -0.39 is 6.10 Å². The Kier molecular flexibility index (Phi) is 3.57. The minimum Gasteiger partial charge on any atom is -0.508 e. The van der Waals surface area contributed by atoms with Crippen LogP contribution < -0.4 is 10.1 Å². The quantitative estimate of drug-likeness (QED) is 0.786. The van der Waals surface area contributed by atoms with Gasteiger partial charge in [0.25, 0.3) is 0 Å². The van der Waals surface area contributed by atoms with Crippen LogP contribution in [0.25, 0.3) is 4.85 Å². The topological polar surface area (TPSA) is 62.0 Å². The average molecular weight is 274 g/mol. The molecule has 2 N–H and O–H groups in total. The van der Waals surface area contributed by atoms with Crippen LogP contribution in [0.2, 0.25) is 0 Å². The van der Waals surface area contributed by atoms with E-state index in [2.05, 4.69) is 20.0 Å². The Morgan fingerprint density at radius 2 is 2.50 bits per heavy atom. The number of pyridine rings is 1. The number of nitrogens with one attached hydrogen (secondary N) is 1. The van der Waals surface area contributed by atoms with E-state index >= 15 is 0 Å². The van der Waals surface area contributed by atoms with Crippen molar-refractivity contribution in [1.29, 1.82) is 0 Å². The van der Waals surface area contributed by atoms with Crippen LogP contribution in [0.1, 0.15) is 11.8 Å². The molecule has 1 aromatic heterocycles. The van der Waals surface area contributed by atoms with E-state index in [4.69, 9.17) is 11.3 Å². The first-order valence-corrected chi connectivity index (χ1v) is 6.76. The average Bonchev–Trinajstić information content (AvgIpc) is 2.73. The highest BCUT2D eigenvalue weighted by atomic mass is 16.5. The number of methoxy groups -OCH3 is 1. The summed E-state index contributed by atoms with van der Waals surface area (Å²) >= 11 is 0. The Morgan fingerprint density at radius 1 is 1.65 bits per heavy atom. The highest BCUT2D eigenvalue weighted by Crippen LogP contribution is 2.30. The molecule has 6 heteroatoms. The van der Waals surface area contributed by atoms with E-state index in [-0.39, 0.29) is 0 Å². The fourth-order valence-corrected chi connectivity index (χ4v) is 2.90. The number of rotatable bonds is 4. The molecule has 20 heavy (non-hydrogen) atoms. The number of aromatic nitrogens is 1. The van der Waals surface area contributed by atoms with Gasteiger partial charge in [-0.2, -0.15) is 0 Å². The number of aliphatic hydroxyl groups is 1. The number of ether oxygens (including phenoxy) is 1. The maximum absolute atomic E-state index is 10.3. The molecular formula is C14H18N4O2. The van der Waals surface area contributed by atoms with Crippen LogP contribution in [0.15, 0.2) is 12.3 Å². The summed E-state index contributed by atoms with van der Waals surface area (Å²) in [6.45, 7) is 10.7.